The molecule has 0 radical (unpaired) electrons. The number of nitrogens with zero attached hydrogens (tertiary/aromatic N) is 3. The number of halogens is 1. The van der Waals surface area contributed by atoms with Crippen molar-refractivity contribution < 1.29 is 23.4 Å². The Bertz CT molecular complexity index is 1060. The molecule has 0 aliphatic heterocycles. The maximum absolute atomic E-state index is 14.9. The summed E-state index contributed by atoms with van der Waals surface area (Å²) in [5, 5.41) is 18.4. The summed E-state index contributed by atoms with van der Waals surface area (Å²) in [5.74, 6) is -0.0903. The van der Waals surface area contributed by atoms with Crippen LogP contribution in [-0.2, 0) is 4.74 Å². The van der Waals surface area contributed by atoms with Crippen LogP contribution in [0.15, 0.2) is 18.2 Å². The number of carbonyl (C=O) groups excluding carboxylic acids is 1. The fourth-order valence-corrected chi connectivity index (χ4v) is 3.28. The molecule has 190 valence electrons. The molecule has 0 unspecified atom stereocenters. The molecule has 0 bridgehead atoms. The zero-order valence-corrected chi connectivity index (χ0v) is 21.3. The second-order valence-corrected chi connectivity index (χ2v) is 9.24. The Morgan fingerprint density at radius 3 is 2.14 bits per heavy atom. The number of hydrogen-bond donors (Lipinski definition) is 3. The number of methoxy groups -OCH3 is 2. The van der Waals surface area contributed by atoms with E-state index in [1.165, 1.54) is 14.2 Å². The van der Waals surface area contributed by atoms with Gasteiger partial charge in [-0.3, -0.25) is 0 Å². The standard InChI is InChI=1S/C24H33FN6O4/c1-13(2)20(14(3)27-23(32)35-24(4,5)6)30-22-17(25)9-15(12-26)21(31-22)28-16-10-18(33-7)29-19(11-16)34-8/h9-11,13-14,20H,1-8H3,(H,27,32)(H2,28,29,30,31)/t14-,20+/m0/s1. The van der Waals surface area contributed by atoms with Gasteiger partial charge in [-0.25, -0.2) is 14.2 Å². The summed E-state index contributed by atoms with van der Waals surface area (Å²) in [7, 11) is 2.92. The molecular formula is C24H33FN6O4. The first kappa shape index (κ1) is 27.4. The van der Waals surface area contributed by atoms with Crippen LogP contribution in [0.25, 0.3) is 0 Å². The Morgan fingerprint density at radius 1 is 1.06 bits per heavy atom. The van der Waals surface area contributed by atoms with Crippen LogP contribution in [-0.4, -0.2) is 48.0 Å². The smallest absolute Gasteiger partial charge is 0.407 e. The zero-order valence-electron chi connectivity index (χ0n) is 21.3. The lowest BCUT2D eigenvalue weighted by Gasteiger charge is -2.31. The molecule has 0 aliphatic rings. The number of aromatic nitrogens is 2. The van der Waals surface area contributed by atoms with Crippen molar-refractivity contribution in [3.8, 4) is 17.8 Å². The van der Waals surface area contributed by atoms with Crippen LogP contribution in [0.5, 0.6) is 11.8 Å². The van der Waals surface area contributed by atoms with Gasteiger partial charge in [0.2, 0.25) is 11.8 Å². The summed E-state index contributed by atoms with van der Waals surface area (Å²) in [6.45, 7) is 11.0. The summed E-state index contributed by atoms with van der Waals surface area (Å²) in [6, 6.07) is 5.39. The van der Waals surface area contributed by atoms with E-state index in [-0.39, 0.29) is 34.9 Å². The van der Waals surface area contributed by atoms with Gasteiger partial charge in [-0.15, -0.1) is 0 Å². The van der Waals surface area contributed by atoms with Crippen molar-refractivity contribution in [2.75, 3.05) is 24.9 Å². The quantitative estimate of drug-likeness (QED) is 0.463. The van der Waals surface area contributed by atoms with Crippen LogP contribution in [0.4, 0.5) is 26.5 Å². The topological polar surface area (TPSA) is 130 Å². The molecule has 2 rings (SSSR count). The summed E-state index contributed by atoms with van der Waals surface area (Å²) < 4.78 is 30.6. The number of rotatable bonds is 9. The van der Waals surface area contributed by atoms with Gasteiger partial charge < -0.3 is 30.2 Å². The summed E-state index contributed by atoms with van der Waals surface area (Å²) >= 11 is 0. The fourth-order valence-electron chi connectivity index (χ4n) is 3.28. The molecule has 2 atom stereocenters. The van der Waals surface area contributed by atoms with Crippen molar-refractivity contribution >= 4 is 23.4 Å². The van der Waals surface area contributed by atoms with Crippen LogP contribution in [0.3, 0.4) is 0 Å². The normalized spacial score (nSPS) is 12.8. The number of ether oxygens (including phenoxy) is 3. The van der Waals surface area contributed by atoms with Crippen molar-refractivity contribution in [2.24, 2.45) is 5.92 Å². The van der Waals surface area contributed by atoms with E-state index in [4.69, 9.17) is 14.2 Å². The molecule has 1 amide bonds. The molecule has 2 aromatic rings. The van der Waals surface area contributed by atoms with Crippen LogP contribution in [0, 0.1) is 23.1 Å². The molecule has 10 nitrogen and oxygen atoms in total. The third-order valence-electron chi connectivity index (χ3n) is 4.86. The molecule has 3 N–H and O–H groups in total. The maximum Gasteiger partial charge on any atom is 0.407 e. The molecule has 0 saturated heterocycles. The van der Waals surface area contributed by atoms with Crippen LogP contribution in [0.2, 0.25) is 0 Å². The SMILES string of the molecule is COc1cc(Nc2nc(N[C@H](C(C)C)[C@H](C)NC(=O)OC(C)(C)C)c(F)cc2C#N)cc(OC)n1. The van der Waals surface area contributed by atoms with Crippen LogP contribution in [0.1, 0.15) is 47.1 Å². The first-order valence-electron chi connectivity index (χ1n) is 11.1. The minimum atomic E-state index is -0.702. The summed E-state index contributed by atoms with van der Waals surface area (Å²) in [4.78, 5) is 20.7. The van der Waals surface area contributed by atoms with Crippen molar-refractivity contribution in [3.63, 3.8) is 0 Å². The second-order valence-electron chi connectivity index (χ2n) is 9.24. The maximum atomic E-state index is 14.9. The van der Waals surface area contributed by atoms with E-state index in [2.05, 4.69) is 25.9 Å². The molecule has 0 aromatic carbocycles. The minimum Gasteiger partial charge on any atom is -0.481 e. The van der Waals surface area contributed by atoms with Gasteiger partial charge in [-0.05, 0) is 39.7 Å². The van der Waals surface area contributed by atoms with Gasteiger partial charge in [-0.1, -0.05) is 13.8 Å². The Kier molecular flexibility index (Phi) is 9.05. The van der Waals surface area contributed by atoms with Gasteiger partial charge in [0.1, 0.15) is 11.7 Å². The average molecular weight is 489 g/mol. The highest BCUT2D eigenvalue weighted by Crippen LogP contribution is 2.28. The number of anilines is 3. The lowest BCUT2D eigenvalue weighted by atomic mass is 9.97. The van der Waals surface area contributed by atoms with Gasteiger partial charge in [-0.2, -0.15) is 10.2 Å². The molecule has 0 spiro atoms. The Balaban J connectivity index is 2.34. The molecule has 0 fully saturated rings. The third kappa shape index (κ3) is 7.88. The highest BCUT2D eigenvalue weighted by Gasteiger charge is 2.27. The van der Waals surface area contributed by atoms with Gasteiger partial charge >= 0.3 is 6.09 Å². The average Bonchev–Trinajstić information content (AvgIpc) is 2.76. The highest BCUT2D eigenvalue weighted by molar-refractivity contribution is 5.69. The van der Waals surface area contributed by atoms with E-state index in [0.29, 0.717) is 5.69 Å². The molecule has 0 aliphatic carbocycles. The monoisotopic (exact) mass is 488 g/mol. The molecule has 35 heavy (non-hydrogen) atoms. The number of nitriles is 1. The number of pyridine rings is 2. The van der Waals surface area contributed by atoms with E-state index < -0.39 is 29.6 Å². The Hall–Kier alpha value is -3.81. The number of amides is 1. The first-order valence-corrected chi connectivity index (χ1v) is 11.1. The molecule has 11 heteroatoms. The van der Waals surface area contributed by atoms with Crippen LogP contribution >= 0.6 is 0 Å². The predicted molar refractivity (Wildman–Crippen MR) is 131 cm³/mol. The number of carbonyl (C=O) groups is 1. The Morgan fingerprint density at radius 2 is 1.66 bits per heavy atom. The predicted octanol–water partition coefficient (Wildman–Crippen LogP) is 4.60. The number of hydrogen-bond acceptors (Lipinski definition) is 9. The van der Waals surface area contributed by atoms with Crippen molar-refractivity contribution in [1.29, 1.82) is 5.26 Å². The van der Waals surface area contributed by atoms with E-state index in [0.717, 1.165) is 6.07 Å². The largest absolute Gasteiger partial charge is 0.481 e. The fraction of sp³-hybridized carbons (Fsp3) is 0.500. The van der Waals surface area contributed by atoms with E-state index in [1.54, 1.807) is 39.8 Å². The van der Waals surface area contributed by atoms with Gasteiger partial charge in [0.25, 0.3) is 0 Å². The van der Waals surface area contributed by atoms with Crippen molar-refractivity contribution in [2.45, 2.75) is 59.2 Å². The molecule has 2 aromatic heterocycles. The van der Waals surface area contributed by atoms with Gasteiger partial charge in [0, 0.05) is 24.2 Å². The number of nitrogens with one attached hydrogen (secondary N) is 3. The lowest BCUT2D eigenvalue weighted by molar-refractivity contribution is 0.0499. The van der Waals surface area contributed by atoms with Crippen molar-refractivity contribution in [3.05, 3.63) is 29.6 Å². The summed E-state index contributed by atoms with van der Waals surface area (Å²) in [6.07, 6.45) is -0.575. The second kappa shape index (κ2) is 11.6. The lowest BCUT2D eigenvalue weighted by Crippen LogP contribution is -2.49. The van der Waals surface area contributed by atoms with Crippen LogP contribution < -0.4 is 25.4 Å². The summed E-state index contributed by atoms with van der Waals surface area (Å²) in [5.41, 5.74) is -0.163. The first-order chi connectivity index (χ1) is 16.4. The van der Waals surface area contributed by atoms with E-state index in [9.17, 15) is 14.4 Å². The molecule has 2 heterocycles. The number of alkyl carbamates (subject to hydrolysis) is 1. The third-order valence-corrected chi connectivity index (χ3v) is 4.86. The van der Waals surface area contributed by atoms with E-state index in [1.807, 2.05) is 19.9 Å². The van der Waals surface area contributed by atoms with Gasteiger partial charge in [0.05, 0.1) is 25.5 Å². The molecular weight excluding hydrogens is 455 g/mol. The highest BCUT2D eigenvalue weighted by atomic mass is 19.1. The van der Waals surface area contributed by atoms with Gasteiger partial charge in [0.15, 0.2) is 17.5 Å². The Labute approximate surface area is 205 Å². The minimum absolute atomic E-state index is 0.00354. The zero-order chi connectivity index (χ0) is 26.3. The van der Waals surface area contributed by atoms with E-state index >= 15 is 0 Å². The molecule has 0 saturated carbocycles. The van der Waals surface area contributed by atoms with Crippen molar-refractivity contribution in [1.82, 2.24) is 15.3 Å².